The number of hydrogen-bond donors (Lipinski definition) is 2. The normalized spacial score (nSPS) is 10.4. The van der Waals surface area contributed by atoms with Crippen molar-refractivity contribution in [3.8, 4) is 5.88 Å². The second-order valence-corrected chi connectivity index (χ2v) is 2.69. The zero-order chi connectivity index (χ0) is 9.84. The van der Waals surface area contributed by atoms with Crippen molar-refractivity contribution in [2.45, 2.75) is 20.4 Å². The summed E-state index contributed by atoms with van der Waals surface area (Å²) in [7, 11) is 0. The molecule has 0 aliphatic heterocycles. The third kappa shape index (κ3) is 1.92. The molecule has 74 valence electrons. The molecule has 1 aromatic rings. The third-order valence-corrected chi connectivity index (χ3v) is 1.75. The van der Waals surface area contributed by atoms with Gasteiger partial charge in [-0.1, -0.05) is 0 Å². The molecule has 0 unspecified atom stereocenters. The van der Waals surface area contributed by atoms with Crippen LogP contribution < -0.4 is 10.5 Å². The Morgan fingerprint density at radius 3 is 2.85 bits per heavy atom. The maximum absolute atomic E-state index is 8.59. The lowest BCUT2D eigenvalue weighted by Gasteiger charge is -2.06. The van der Waals surface area contributed by atoms with Gasteiger partial charge in [0.05, 0.1) is 12.3 Å². The molecule has 0 aliphatic rings. The molecular weight excluding hydrogens is 170 g/mol. The van der Waals surface area contributed by atoms with E-state index in [1.165, 1.54) is 0 Å². The number of aliphatic hydroxyl groups is 1. The predicted octanol–water partition coefficient (Wildman–Crippen LogP) is 0.165. The second kappa shape index (κ2) is 4.13. The first kappa shape index (κ1) is 9.85. The number of hydrogen-bond acceptors (Lipinski definition) is 4. The van der Waals surface area contributed by atoms with Gasteiger partial charge in [-0.15, -0.1) is 0 Å². The van der Waals surface area contributed by atoms with Gasteiger partial charge in [-0.3, -0.25) is 0 Å². The molecule has 0 saturated heterocycles. The number of anilines is 1. The average molecular weight is 185 g/mol. The lowest BCUT2D eigenvalue weighted by molar-refractivity contribution is 0.190. The van der Waals surface area contributed by atoms with Crippen molar-refractivity contribution in [2.75, 3.05) is 18.9 Å². The van der Waals surface area contributed by atoms with E-state index in [4.69, 9.17) is 15.6 Å². The van der Waals surface area contributed by atoms with Crippen LogP contribution in [0, 0.1) is 6.92 Å². The molecule has 5 heteroatoms. The monoisotopic (exact) mass is 185 g/mol. The maximum atomic E-state index is 8.59. The van der Waals surface area contributed by atoms with E-state index in [0.717, 1.165) is 5.69 Å². The molecule has 0 fully saturated rings. The second-order valence-electron chi connectivity index (χ2n) is 2.69. The minimum atomic E-state index is -0.0205. The third-order valence-electron chi connectivity index (χ3n) is 1.75. The van der Waals surface area contributed by atoms with E-state index in [1.807, 2.05) is 13.8 Å². The van der Waals surface area contributed by atoms with Crippen LogP contribution in [-0.2, 0) is 6.54 Å². The molecular formula is C8H15N3O2. The highest BCUT2D eigenvalue weighted by molar-refractivity contribution is 5.52. The van der Waals surface area contributed by atoms with E-state index >= 15 is 0 Å². The Labute approximate surface area is 77.1 Å². The Balaban J connectivity index is 2.88. The molecule has 5 nitrogen and oxygen atoms in total. The van der Waals surface area contributed by atoms with Crippen molar-refractivity contribution in [3.63, 3.8) is 0 Å². The molecule has 0 amide bonds. The van der Waals surface area contributed by atoms with Crippen LogP contribution in [0.5, 0.6) is 5.88 Å². The van der Waals surface area contributed by atoms with Crippen LogP contribution in [0.25, 0.3) is 0 Å². The molecule has 0 spiro atoms. The first-order valence-corrected chi connectivity index (χ1v) is 4.27. The van der Waals surface area contributed by atoms with Crippen molar-refractivity contribution in [2.24, 2.45) is 0 Å². The number of rotatable bonds is 4. The number of nitrogens with zero attached hydrogens (tertiary/aromatic N) is 2. The van der Waals surface area contributed by atoms with E-state index < -0.39 is 0 Å². The molecule has 0 radical (unpaired) electrons. The quantitative estimate of drug-likeness (QED) is 0.701. The highest BCUT2D eigenvalue weighted by Crippen LogP contribution is 2.24. The summed E-state index contributed by atoms with van der Waals surface area (Å²) in [5, 5.41) is 12.8. The zero-order valence-corrected chi connectivity index (χ0v) is 7.95. The van der Waals surface area contributed by atoms with Gasteiger partial charge in [-0.2, -0.15) is 5.10 Å². The smallest absolute Gasteiger partial charge is 0.236 e. The summed E-state index contributed by atoms with van der Waals surface area (Å²) < 4.78 is 6.94. The molecule has 13 heavy (non-hydrogen) atoms. The van der Waals surface area contributed by atoms with Crippen LogP contribution in [-0.4, -0.2) is 28.1 Å². The predicted molar refractivity (Wildman–Crippen MR) is 49.6 cm³/mol. The summed E-state index contributed by atoms with van der Waals surface area (Å²) in [5.41, 5.74) is 7.04. The number of aliphatic hydroxyl groups excluding tert-OH is 1. The van der Waals surface area contributed by atoms with Crippen LogP contribution in [0.15, 0.2) is 0 Å². The fourth-order valence-corrected chi connectivity index (χ4v) is 1.08. The Bertz CT molecular complexity index is 283. The van der Waals surface area contributed by atoms with Gasteiger partial charge >= 0.3 is 0 Å². The number of aromatic nitrogens is 2. The molecule has 1 heterocycles. The van der Waals surface area contributed by atoms with E-state index in [9.17, 15) is 0 Å². The summed E-state index contributed by atoms with van der Waals surface area (Å²) in [6, 6.07) is 0. The summed E-state index contributed by atoms with van der Waals surface area (Å²) in [6.07, 6.45) is 0. The first-order chi connectivity index (χ1) is 6.20. The molecule has 0 aromatic carbocycles. The van der Waals surface area contributed by atoms with Gasteiger partial charge in [0.25, 0.3) is 0 Å². The van der Waals surface area contributed by atoms with Crippen molar-refractivity contribution >= 4 is 5.69 Å². The SMILES string of the molecule is CCn1nc(C)c(N)c1OCCO. The molecule has 1 rings (SSSR count). The van der Waals surface area contributed by atoms with Crippen molar-refractivity contribution < 1.29 is 9.84 Å². The fourth-order valence-electron chi connectivity index (χ4n) is 1.08. The van der Waals surface area contributed by atoms with Gasteiger partial charge < -0.3 is 15.6 Å². The van der Waals surface area contributed by atoms with E-state index in [1.54, 1.807) is 4.68 Å². The Morgan fingerprint density at radius 2 is 2.31 bits per heavy atom. The number of nitrogen functional groups attached to an aromatic ring is 1. The number of ether oxygens (including phenoxy) is 1. The van der Waals surface area contributed by atoms with Gasteiger partial charge in [0.15, 0.2) is 0 Å². The molecule has 3 N–H and O–H groups in total. The molecule has 1 aromatic heterocycles. The van der Waals surface area contributed by atoms with Crippen molar-refractivity contribution in [3.05, 3.63) is 5.69 Å². The fraction of sp³-hybridized carbons (Fsp3) is 0.625. The number of aryl methyl sites for hydroxylation is 2. The van der Waals surface area contributed by atoms with Gasteiger partial charge in [-0.25, -0.2) is 4.68 Å². The Kier molecular flexibility index (Phi) is 3.13. The highest BCUT2D eigenvalue weighted by Gasteiger charge is 2.11. The molecule has 0 aliphatic carbocycles. The largest absolute Gasteiger partial charge is 0.474 e. The summed E-state index contributed by atoms with van der Waals surface area (Å²) in [5.74, 6) is 0.550. The molecule has 0 saturated carbocycles. The van der Waals surface area contributed by atoms with Crippen LogP contribution in [0.2, 0.25) is 0 Å². The van der Waals surface area contributed by atoms with Gasteiger partial charge in [0, 0.05) is 6.54 Å². The minimum Gasteiger partial charge on any atom is -0.474 e. The maximum Gasteiger partial charge on any atom is 0.236 e. The van der Waals surface area contributed by atoms with Crippen LogP contribution in [0.4, 0.5) is 5.69 Å². The Morgan fingerprint density at radius 1 is 1.62 bits per heavy atom. The lowest BCUT2D eigenvalue weighted by atomic mass is 10.4. The van der Waals surface area contributed by atoms with Crippen LogP contribution >= 0.6 is 0 Å². The summed E-state index contributed by atoms with van der Waals surface area (Å²) >= 11 is 0. The van der Waals surface area contributed by atoms with Gasteiger partial charge in [0.1, 0.15) is 12.3 Å². The van der Waals surface area contributed by atoms with Gasteiger partial charge in [-0.05, 0) is 13.8 Å². The number of nitrogens with two attached hydrogens (primary N) is 1. The van der Waals surface area contributed by atoms with E-state index in [0.29, 0.717) is 18.1 Å². The van der Waals surface area contributed by atoms with E-state index in [2.05, 4.69) is 5.10 Å². The average Bonchev–Trinajstić information content (AvgIpc) is 2.40. The van der Waals surface area contributed by atoms with Crippen LogP contribution in [0.3, 0.4) is 0 Å². The van der Waals surface area contributed by atoms with Crippen LogP contribution in [0.1, 0.15) is 12.6 Å². The zero-order valence-electron chi connectivity index (χ0n) is 7.95. The topological polar surface area (TPSA) is 73.3 Å². The van der Waals surface area contributed by atoms with Crippen molar-refractivity contribution in [1.29, 1.82) is 0 Å². The molecule has 0 bridgehead atoms. The van der Waals surface area contributed by atoms with E-state index in [-0.39, 0.29) is 13.2 Å². The summed E-state index contributed by atoms with van der Waals surface area (Å²) in [6.45, 7) is 4.71. The lowest BCUT2D eigenvalue weighted by Crippen LogP contribution is -2.08. The molecule has 0 atom stereocenters. The van der Waals surface area contributed by atoms with Gasteiger partial charge in [0.2, 0.25) is 5.88 Å². The standard InChI is InChI=1S/C8H15N3O2/c1-3-11-8(13-5-4-12)7(9)6(2)10-11/h12H,3-5,9H2,1-2H3. The first-order valence-electron chi connectivity index (χ1n) is 4.27. The van der Waals surface area contributed by atoms with Crippen molar-refractivity contribution in [1.82, 2.24) is 9.78 Å². The highest BCUT2D eigenvalue weighted by atomic mass is 16.5. The minimum absolute atomic E-state index is 0.0205. The summed E-state index contributed by atoms with van der Waals surface area (Å²) in [4.78, 5) is 0. The Hall–Kier alpha value is -1.23.